The van der Waals surface area contributed by atoms with Gasteiger partial charge < -0.3 is 13.9 Å². The van der Waals surface area contributed by atoms with E-state index in [9.17, 15) is 9.59 Å². The number of rotatable bonds is 6. The Balaban J connectivity index is 2.88. The second-order valence-corrected chi connectivity index (χ2v) is 10.5. The van der Waals surface area contributed by atoms with Crippen LogP contribution in [0.25, 0.3) is 0 Å². The highest BCUT2D eigenvalue weighted by molar-refractivity contribution is 6.70. The summed E-state index contributed by atoms with van der Waals surface area (Å²) in [5, 5.41) is 0. The Morgan fingerprint density at radius 2 is 1.62 bits per heavy atom. The van der Waals surface area contributed by atoms with Gasteiger partial charge in [-0.2, -0.15) is 0 Å². The Kier molecular flexibility index (Phi) is 6.45. The van der Waals surface area contributed by atoms with Crippen molar-refractivity contribution < 1.29 is 23.5 Å². The molecular formula is C15H26O5Si. The van der Waals surface area contributed by atoms with Gasteiger partial charge in [0.05, 0.1) is 30.8 Å². The minimum Gasteiger partial charge on any atom is -0.548 e. The van der Waals surface area contributed by atoms with Gasteiger partial charge in [0, 0.05) is 6.42 Å². The van der Waals surface area contributed by atoms with Crippen molar-refractivity contribution in [2.24, 2.45) is 11.8 Å². The zero-order valence-electron chi connectivity index (χ0n) is 13.6. The average Bonchev–Trinajstić information content (AvgIpc) is 2.37. The first-order chi connectivity index (χ1) is 9.78. The van der Waals surface area contributed by atoms with E-state index in [1.165, 1.54) is 0 Å². The Labute approximate surface area is 127 Å². The fourth-order valence-electron chi connectivity index (χ4n) is 2.35. The Morgan fingerprint density at radius 3 is 2.10 bits per heavy atom. The third-order valence-electron chi connectivity index (χ3n) is 3.12. The molecule has 120 valence electrons. The minimum absolute atomic E-state index is 0.304. The molecule has 0 bridgehead atoms. The Morgan fingerprint density at radius 1 is 1.10 bits per heavy atom. The normalized spacial score (nSPS) is 22.2. The highest BCUT2D eigenvalue weighted by Crippen LogP contribution is 2.33. The lowest BCUT2D eigenvalue weighted by Crippen LogP contribution is -2.36. The van der Waals surface area contributed by atoms with Crippen LogP contribution in [-0.4, -0.2) is 33.5 Å². The van der Waals surface area contributed by atoms with Gasteiger partial charge in [-0.25, -0.2) is 0 Å². The molecule has 0 aliphatic heterocycles. The molecule has 0 saturated heterocycles. The quantitative estimate of drug-likeness (QED) is 0.557. The van der Waals surface area contributed by atoms with Gasteiger partial charge in [0.2, 0.25) is 8.32 Å². The van der Waals surface area contributed by atoms with Crippen LogP contribution in [0.3, 0.4) is 0 Å². The first-order valence-corrected chi connectivity index (χ1v) is 10.9. The first-order valence-electron chi connectivity index (χ1n) is 7.49. The van der Waals surface area contributed by atoms with Gasteiger partial charge in [0.25, 0.3) is 0 Å². The molecule has 1 rings (SSSR count). The summed E-state index contributed by atoms with van der Waals surface area (Å²) in [7, 11) is -1.73. The van der Waals surface area contributed by atoms with E-state index >= 15 is 0 Å². The van der Waals surface area contributed by atoms with Gasteiger partial charge in [-0.3, -0.25) is 9.59 Å². The molecule has 5 nitrogen and oxygen atoms in total. The lowest BCUT2D eigenvalue weighted by atomic mass is 9.82. The predicted molar refractivity (Wildman–Crippen MR) is 82.0 cm³/mol. The van der Waals surface area contributed by atoms with Crippen LogP contribution in [0.2, 0.25) is 19.6 Å². The molecule has 0 aromatic carbocycles. The van der Waals surface area contributed by atoms with E-state index in [1.807, 2.05) is 6.08 Å². The van der Waals surface area contributed by atoms with E-state index < -0.39 is 20.2 Å². The van der Waals surface area contributed by atoms with Crippen molar-refractivity contribution in [1.82, 2.24) is 0 Å². The van der Waals surface area contributed by atoms with Gasteiger partial charge in [-0.05, 0) is 46.0 Å². The molecule has 1 aliphatic carbocycles. The van der Waals surface area contributed by atoms with Crippen molar-refractivity contribution in [3.8, 4) is 0 Å². The van der Waals surface area contributed by atoms with Crippen LogP contribution in [0, 0.1) is 11.8 Å². The van der Waals surface area contributed by atoms with Crippen molar-refractivity contribution in [2.45, 2.75) is 46.3 Å². The van der Waals surface area contributed by atoms with Crippen LogP contribution in [-0.2, 0) is 23.5 Å². The zero-order valence-corrected chi connectivity index (χ0v) is 14.6. The van der Waals surface area contributed by atoms with Gasteiger partial charge in [0.15, 0.2) is 0 Å². The first kappa shape index (κ1) is 17.7. The summed E-state index contributed by atoms with van der Waals surface area (Å²) in [5.41, 5.74) is 0. The molecule has 0 spiro atoms. The third-order valence-corrected chi connectivity index (χ3v) is 4.00. The second-order valence-electron chi connectivity index (χ2n) is 6.04. The lowest BCUT2D eigenvalue weighted by Gasteiger charge is -2.31. The van der Waals surface area contributed by atoms with E-state index in [0.29, 0.717) is 26.1 Å². The highest BCUT2D eigenvalue weighted by Gasteiger charge is 2.39. The molecule has 21 heavy (non-hydrogen) atoms. The standard InChI is InChI=1S/C15H26O5Si/c1-6-18-14(16)12-9-8-11(20-21(3,4)5)10-13(12)15(17)19-7-2/h8,12-13H,6-7,9-10H2,1-5H3. The van der Waals surface area contributed by atoms with Crippen LogP contribution in [0.5, 0.6) is 0 Å². The zero-order chi connectivity index (χ0) is 16.0. The third kappa shape index (κ3) is 5.53. The highest BCUT2D eigenvalue weighted by atomic mass is 28.4. The molecule has 0 aromatic rings. The smallest absolute Gasteiger partial charge is 0.310 e. The Bertz CT molecular complexity index is 411. The van der Waals surface area contributed by atoms with Gasteiger partial charge in [-0.1, -0.05) is 0 Å². The summed E-state index contributed by atoms with van der Waals surface area (Å²) >= 11 is 0. The molecule has 0 heterocycles. The molecule has 6 heteroatoms. The number of carbonyl (C=O) groups excluding carboxylic acids is 2. The fourth-order valence-corrected chi connectivity index (χ4v) is 3.30. The number of hydrogen-bond donors (Lipinski definition) is 0. The average molecular weight is 314 g/mol. The van der Waals surface area contributed by atoms with Crippen LogP contribution < -0.4 is 0 Å². The number of carbonyl (C=O) groups is 2. The molecule has 0 radical (unpaired) electrons. The summed E-state index contributed by atoms with van der Waals surface area (Å²) in [4.78, 5) is 24.1. The summed E-state index contributed by atoms with van der Waals surface area (Å²) in [5.74, 6) is -0.870. The number of allylic oxidation sites excluding steroid dienone is 2. The van der Waals surface area contributed by atoms with Crippen molar-refractivity contribution in [1.29, 1.82) is 0 Å². The monoisotopic (exact) mass is 314 g/mol. The number of esters is 2. The Hall–Kier alpha value is -1.30. The molecule has 2 unspecified atom stereocenters. The van der Waals surface area contributed by atoms with E-state index in [0.717, 1.165) is 5.76 Å². The molecule has 2 atom stereocenters. The van der Waals surface area contributed by atoms with E-state index in [2.05, 4.69) is 19.6 Å². The summed E-state index contributed by atoms with van der Waals surface area (Å²) in [6, 6.07) is 0. The molecule has 0 saturated carbocycles. The molecule has 0 fully saturated rings. The largest absolute Gasteiger partial charge is 0.548 e. The van der Waals surface area contributed by atoms with Crippen molar-refractivity contribution >= 4 is 20.3 Å². The predicted octanol–water partition coefficient (Wildman–Crippen LogP) is 2.87. The van der Waals surface area contributed by atoms with Crippen LogP contribution in [0.15, 0.2) is 11.8 Å². The maximum atomic E-state index is 12.1. The molecular weight excluding hydrogens is 288 g/mol. The second kappa shape index (κ2) is 7.63. The molecule has 0 N–H and O–H groups in total. The van der Waals surface area contributed by atoms with E-state index in [-0.39, 0.29) is 11.9 Å². The van der Waals surface area contributed by atoms with Crippen molar-refractivity contribution in [2.75, 3.05) is 13.2 Å². The fraction of sp³-hybridized carbons (Fsp3) is 0.733. The number of hydrogen-bond acceptors (Lipinski definition) is 5. The van der Waals surface area contributed by atoms with E-state index in [1.54, 1.807) is 13.8 Å². The van der Waals surface area contributed by atoms with E-state index in [4.69, 9.17) is 13.9 Å². The molecule has 0 aromatic heterocycles. The van der Waals surface area contributed by atoms with Crippen molar-refractivity contribution in [3.05, 3.63) is 11.8 Å². The summed E-state index contributed by atoms with van der Waals surface area (Å²) < 4.78 is 16.1. The summed E-state index contributed by atoms with van der Waals surface area (Å²) in [6.07, 6.45) is 2.78. The van der Waals surface area contributed by atoms with Gasteiger partial charge in [0.1, 0.15) is 0 Å². The SMILES string of the molecule is CCOC(=O)C1CC=C(O[Si](C)(C)C)CC1C(=O)OCC. The van der Waals surface area contributed by atoms with Crippen LogP contribution >= 0.6 is 0 Å². The maximum absolute atomic E-state index is 12.1. The molecule has 0 amide bonds. The molecule has 1 aliphatic rings. The van der Waals surface area contributed by atoms with Gasteiger partial charge in [-0.15, -0.1) is 0 Å². The summed E-state index contributed by atoms with van der Waals surface area (Å²) in [6.45, 7) is 10.4. The number of ether oxygens (including phenoxy) is 2. The lowest BCUT2D eigenvalue weighted by molar-refractivity contribution is -0.160. The maximum Gasteiger partial charge on any atom is 0.310 e. The van der Waals surface area contributed by atoms with Crippen LogP contribution in [0.1, 0.15) is 26.7 Å². The van der Waals surface area contributed by atoms with Crippen LogP contribution in [0.4, 0.5) is 0 Å². The topological polar surface area (TPSA) is 61.8 Å². The minimum atomic E-state index is -1.73. The van der Waals surface area contributed by atoms with Gasteiger partial charge >= 0.3 is 11.9 Å². The van der Waals surface area contributed by atoms with Crippen molar-refractivity contribution in [3.63, 3.8) is 0 Å².